The number of ether oxygens (including phenoxy) is 2. The molecule has 0 saturated heterocycles. The van der Waals surface area contributed by atoms with Gasteiger partial charge in [-0.2, -0.15) is 0 Å². The fraction of sp³-hybridized carbons (Fsp3) is 0.533. The van der Waals surface area contributed by atoms with Crippen LogP contribution in [-0.2, 0) is 16.0 Å². The van der Waals surface area contributed by atoms with Gasteiger partial charge in [0.05, 0.1) is 20.1 Å². The van der Waals surface area contributed by atoms with Gasteiger partial charge in [0.15, 0.2) is 0 Å². The Kier molecular flexibility index (Phi) is 5.20. The smallest absolute Gasteiger partial charge is 0.308 e. The summed E-state index contributed by atoms with van der Waals surface area (Å²) < 4.78 is 10.1. The first-order valence-electron chi connectivity index (χ1n) is 6.25. The largest absolute Gasteiger partial charge is 0.496 e. The average Bonchev–Trinajstić information content (AvgIpc) is 2.38. The van der Waals surface area contributed by atoms with E-state index >= 15 is 0 Å². The molecule has 0 heterocycles. The molecule has 0 N–H and O–H groups in total. The molecular weight excluding hydrogens is 228 g/mol. The topological polar surface area (TPSA) is 35.5 Å². The molecule has 100 valence electrons. The van der Waals surface area contributed by atoms with Gasteiger partial charge in [-0.15, -0.1) is 0 Å². The van der Waals surface area contributed by atoms with Crippen LogP contribution in [0.1, 0.15) is 30.0 Å². The zero-order valence-corrected chi connectivity index (χ0v) is 11.9. The van der Waals surface area contributed by atoms with Crippen molar-refractivity contribution in [1.29, 1.82) is 0 Å². The highest BCUT2D eigenvalue weighted by molar-refractivity contribution is 5.72. The molecule has 0 aliphatic rings. The molecule has 1 atom stereocenters. The van der Waals surface area contributed by atoms with Gasteiger partial charge in [-0.25, -0.2) is 0 Å². The van der Waals surface area contributed by atoms with E-state index < -0.39 is 0 Å². The third-order valence-electron chi connectivity index (χ3n) is 3.35. The lowest BCUT2D eigenvalue weighted by molar-refractivity contribution is -0.145. The Hall–Kier alpha value is -1.51. The molecule has 0 aromatic heterocycles. The van der Waals surface area contributed by atoms with E-state index in [1.54, 1.807) is 7.11 Å². The highest BCUT2D eigenvalue weighted by atomic mass is 16.5. The molecule has 0 aliphatic carbocycles. The van der Waals surface area contributed by atoms with Crippen LogP contribution in [0.5, 0.6) is 5.75 Å². The van der Waals surface area contributed by atoms with Gasteiger partial charge < -0.3 is 9.47 Å². The Labute approximate surface area is 109 Å². The average molecular weight is 250 g/mol. The zero-order valence-electron chi connectivity index (χ0n) is 11.9. The van der Waals surface area contributed by atoms with Crippen LogP contribution in [0.4, 0.5) is 0 Å². The fourth-order valence-corrected chi connectivity index (χ4v) is 2.12. The molecular formula is C15H22O3. The van der Waals surface area contributed by atoms with E-state index in [1.807, 2.05) is 26.8 Å². The summed E-state index contributed by atoms with van der Waals surface area (Å²) in [5.74, 6) is 0.689. The van der Waals surface area contributed by atoms with Crippen molar-refractivity contribution >= 4 is 5.97 Å². The lowest BCUT2D eigenvalue weighted by Gasteiger charge is -2.16. The number of carbonyl (C=O) groups excluding carboxylic acids is 1. The standard InChI is InChI=1S/C15H22O3/c1-6-12(15(16)18-5)9-13-7-11(3)14(17-4)8-10(13)2/h7-8,12H,6,9H2,1-5H3. The van der Waals surface area contributed by atoms with Crippen LogP contribution < -0.4 is 4.74 Å². The molecule has 1 unspecified atom stereocenters. The quantitative estimate of drug-likeness (QED) is 0.753. The molecule has 1 aromatic rings. The van der Waals surface area contributed by atoms with Crippen LogP contribution in [0, 0.1) is 19.8 Å². The minimum Gasteiger partial charge on any atom is -0.496 e. The number of methoxy groups -OCH3 is 2. The lowest BCUT2D eigenvalue weighted by atomic mass is 9.93. The van der Waals surface area contributed by atoms with Crippen LogP contribution in [0.2, 0.25) is 0 Å². The van der Waals surface area contributed by atoms with Crippen LogP contribution in [0.25, 0.3) is 0 Å². The molecule has 1 aromatic carbocycles. The van der Waals surface area contributed by atoms with Gasteiger partial charge in [0.25, 0.3) is 0 Å². The minimum absolute atomic E-state index is 0.0681. The Balaban J connectivity index is 2.96. The number of rotatable bonds is 5. The monoisotopic (exact) mass is 250 g/mol. The summed E-state index contributed by atoms with van der Waals surface area (Å²) in [6.07, 6.45) is 1.51. The second-order valence-corrected chi connectivity index (χ2v) is 4.58. The highest BCUT2D eigenvalue weighted by Crippen LogP contribution is 2.25. The second-order valence-electron chi connectivity index (χ2n) is 4.58. The van der Waals surface area contributed by atoms with Gasteiger partial charge in [0.1, 0.15) is 5.75 Å². The Morgan fingerprint density at radius 1 is 1.22 bits per heavy atom. The van der Waals surface area contributed by atoms with Crippen LogP contribution in [0.3, 0.4) is 0 Å². The number of benzene rings is 1. The maximum absolute atomic E-state index is 11.6. The van der Waals surface area contributed by atoms with Crippen molar-refractivity contribution in [3.8, 4) is 5.75 Å². The van der Waals surface area contributed by atoms with E-state index in [0.717, 1.165) is 29.7 Å². The van der Waals surface area contributed by atoms with Crippen molar-refractivity contribution in [1.82, 2.24) is 0 Å². The molecule has 0 bridgehead atoms. The summed E-state index contributed by atoms with van der Waals surface area (Å²) >= 11 is 0. The van der Waals surface area contributed by atoms with E-state index in [9.17, 15) is 4.79 Å². The summed E-state index contributed by atoms with van der Waals surface area (Å²) in [5.41, 5.74) is 3.43. The first kappa shape index (κ1) is 14.6. The number of carbonyl (C=O) groups is 1. The SMILES string of the molecule is CCC(Cc1cc(C)c(OC)cc1C)C(=O)OC. The van der Waals surface area contributed by atoms with Gasteiger partial charge in [0, 0.05) is 0 Å². The second kappa shape index (κ2) is 6.43. The predicted molar refractivity (Wildman–Crippen MR) is 72.0 cm³/mol. The normalized spacial score (nSPS) is 12.1. The number of esters is 1. The molecule has 0 spiro atoms. The van der Waals surface area contributed by atoms with Crippen molar-refractivity contribution in [2.45, 2.75) is 33.6 Å². The highest BCUT2D eigenvalue weighted by Gasteiger charge is 2.19. The Morgan fingerprint density at radius 3 is 2.39 bits per heavy atom. The first-order chi connectivity index (χ1) is 8.53. The predicted octanol–water partition coefficient (Wildman–Crippen LogP) is 3.05. The van der Waals surface area contributed by atoms with Gasteiger partial charge in [0.2, 0.25) is 0 Å². The summed E-state index contributed by atoms with van der Waals surface area (Å²) in [7, 11) is 3.11. The Morgan fingerprint density at radius 2 is 1.89 bits per heavy atom. The maximum atomic E-state index is 11.6. The Bertz CT molecular complexity index is 424. The van der Waals surface area contributed by atoms with Crippen LogP contribution >= 0.6 is 0 Å². The maximum Gasteiger partial charge on any atom is 0.308 e. The summed E-state index contributed by atoms with van der Waals surface area (Å²) in [4.78, 5) is 11.6. The number of hydrogen-bond donors (Lipinski definition) is 0. The first-order valence-corrected chi connectivity index (χ1v) is 6.25. The van der Waals surface area contributed by atoms with Gasteiger partial charge in [-0.1, -0.05) is 13.0 Å². The van der Waals surface area contributed by atoms with Gasteiger partial charge >= 0.3 is 5.97 Å². The van der Waals surface area contributed by atoms with E-state index in [4.69, 9.17) is 9.47 Å². The van der Waals surface area contributed by atoms with Crippen molar-refractivity contribution in [2.24, 2.45) is 5.92 Å². The number of hydrogen-bond acceptors (Lipinski definition) is 3. The molecule has 0 fully saturated rings. The lowest BCUT2D eigenvalue weighted by Crippen LogP contribution is -2.18. The molecule has 0 aliphatic heterocycles. The van der Waals surface area contributed by atoms with Crippen LogP contribution in [-0.4, -0.2) is 20.2 Å². The molecule has 18 heavy (non-hydrogen) atoms. The molecule has 0 saturated carbocycles. The molecule has 3 nitrogen and oxygen atoms in total. The van der Waals surface area contributed by atoms with Crippen molar-refractivity contribution < 1.29 is 14.3 Å². The van der Waals surface area contributed by atoms with Crippen molar-refractivity contribution in [3.63, 3.8) is 0 Å². The number of aryl methyl sites for hydroxylation is 2. The summed E-state index contributed by atoms with van der Waals surface area (Å²) in [6.45, 7) is 6.06. The van der Waals surface area contributed by atoms with Crippen LogP contribution in [0.15, 0.2) is 12.1 Å². The molecule has 1 rings (SSSR count). The third kappa shape index (κ3) is 3.25. The third-order valence-corrected chi connectivity index (χ3v) is 3.35. The van der Waals surface area contributed by atoms with Gasteiger partial charge in [-0.05, 0) is 49.4 Å². The van der Waals surface area contributed by atoms with Crippen molar-refractivity contribution in [2.75, 3.05) is 14.2 Å². The summed E-state index contributed by atoms with van der Waals surface area (Å²) in [6, 6.07) is 4.12. The van der Waals surface area contributed by atoms with Crippen molar-refractivity contribution in [3.05, 3.63) is 28.8 Å². The van der Waals surface area contributed by atoms with E-state index in [2.05, 4.69) is 6.07 Å². The molecule has 3 heteroatoms. The summed E-state index contributed by atoms with van der Waals surface area (Å²) in [5, 5.41) is 0. The molecule has 0 radical (unpaired) electrons. The fourth-order valence-electron chi connectivity index (χ4n) is 2.12. The van der Waals surface area contributed by atoms with Gasteiger partial charge in [-0.3, -0.25) is 4.79 Å². The zero-order chi connectivity index (χ0) is 13.7. The minimum atomic E-state index is -0.134. The van der Waals surface area contributed by atoms with E-state index in [-0.39, 0.29) is 11.9 Å². The molecule has 0 amide bonds. The van der Waals surface area contributed by atoms with E-state index in [1.165, 1.54) is 12.7 Å². The van der Waals surface area contributed by atoms with E-state index in [0.29, 0.717) is 0 Å².